The van der Waals surface area contributed by atoms with Crippen LogP contribution >= 0.6 is 0 Å². The number of aryl methyl sites for hydroxylation is 1. The van der Waals surface area contributed by atoms with Crippen LogP contribution in [0.1, 0.15) is 52.3 Å². The van der Waals surface area contributed by atoms with E-state index >= 15 is 0 Å². The van der Waals surface area contributed by atoms with E-state index < -0.39 is 0 Å². The van der Waals surface area contributed by atoms with Crippen LogP contribution in [-0.4, -0.2) is 17.1 Å². The Labute approximate surface area is 111 Å². The minimum atomic E-state index is -0.201. The first kappa shape index (κ1) is 15.0. The summed E-state index contributed by atoms with van der Waals surface area (Å²) >= 11 is 0. The summed E-state index contributed by atoms with van der Waals surface area (Å²) < 4.78 is 5.85. The molecular weight excluding hydrogens is 224 g/mol. The van der Waals surface area contributed by atoms with Gasteiger partial charge in [0, 0.05) is 18.3 Å². The van der Waals surface area contributed by atoms with Gasteiger partial charge < -0.3 is 10.1 Å². The molecule has 0 aliphatic heterocycles. The van der Waals surface area contributed by atoms with Crippen LogP contribution in [0, 0.1) is 0 Å². The van der Waals surface area contributed by atoms with Gasteiger partial charge in [0.25, 0.3) is 0 Å². The van der Waals surface area contributed by atoms with Crippen molar-refractivity contribution in [3.8, 4) is 5.88 Å². The van der Waals surface area contributed by atoms with Gasteiger partial charge in [-0.15, -0.1) is 0 Å². The highest BCUT2D eigenvalue weighted by Crippen LogP contribution is 2.18. The Kier molecular flexibility index (Phi) is 5.60. The SMILES string of the molecule is CCCNCc1cc(CC)nc(OC(C)(C)C)c1. The highest BCUT2D eigenvalue weighted by atomic mass is 16.5. The van der Waals surface area contributed by atoms with E-state index in [9.17, 15) is 0 Å². The van der Waals surface area contributed by atoms with Crippen LogP contribution in [0.15, 0.2) is 12.1 Å². The predicted octanol–water partition coefficient (Wildman–Crippen LogP) is 3.32. The minimum Gasteiger partial charge on any atom is -0.472 e. The van der Waals surface area contributed by atoms with Gasteiger partial charge in [-0.25, -0.2) is 4.98 Å². The van der Waals surface area contributed by atoms with Crippen molar-refractivity contribution in [2.75, 3.05) is 6.54 Å². The van der Waals surface area contributed by atoms with Gasteiger partial charge >= 0.3 is 0 Å². The lowest BCUT2D eigenvalue weighted by atomic mass is 10.1. The lowest BCUT2D eigenvalue weighted by Gasteiger charge is -2.21. The maximum Gasteiger partial charge on any atom is 0.214 e. The van der Waals surface area contributed by atoms with Gasteiger partial charge in [-0.3, -0.25) is 0 Å². The monoisotopic (exact) mass is 250 g/mol. The van der Waals surface area contributed by atoms with Crippen LogP contribution in [0.4, 0.5) is 0 Å². The van der Waals surface area contributed by atoms with E-state index in [0.29, 0.717) is 0 Å². The first-order chi connectivity index (χ1) is 8.44. The third-order valence-electron chi connectivity index (χ3n) is 2.44. The molecule has 1 N–H and O–H groups in total. The van der Waals surface area contributed by atoms with Crippen molar-refractivity contribution in [2.45, 2.75) is 59.6 Å². The Morgan fingerprint density at radius 3 is 2.50 bits per heavy atom. The van der Waals surface area contributed by atoms with Gasteiger partial charge in [-0.05, 0) is 51.8 Å². The minimum absolute atomic E-state index is 0.201. The molecule has 102 valence electrons. The van der Waals surface area contributed by atoms with Gasteiger partial charge in [-0.1, -0.05) is 13.8 Å². The fourth-order valence-electron chi connectivity index (χ4n) is 1.68. The Morgan fingerprint density at radius 1 is 1.22 bits per heavy atom. The molecule has 18 heavy (non-hydrogen) atoms. The van der Waals surface area contributed by atoms with Crippen LogP contribution in [0.5, 0.6) is 5.88 Å². The summed E-state index contributed by atoms with van der Waals surface area (Å²) in [5, 5.41) is 3.41. The van der Waals surface area contributed by atoms with Gasteiger partial charge in [0.2, 0.25) is 5.88 Å². The standard InChI is InChI=1S/C15H26N2O/c1-6-8-16-11-12-9-13(7-2)17-14(10-12)18-15(3,4)5/h9-10,16H,6-8,11H2,1-5H3. The molecule has 1 aromatic heterocycles. The number of nitrogens with one attached hydrogen (secondary N) is 1. The van der Waals surface area contributed by atoms with E-state index in [0.717, 1.165) is 37.5 Å². The first-order valence-corrected chi connectivity index (χ1v) is 6.84. The highest BCUT2D eigenvalue weighted by Gasteiger charge is 2.13. The third kappa shape index (κ3) is 5.50. The zero-order valence-electron chi connectivity index (χ0n) is 12.3. The summed E-state index contributed by atoms with van der Waals surface area (Å²) in [4.78, 5) is 4.52. The van der Waals surface area contributed by atoms with Crippen molar-refractivity contribution in [3.63, 3.8) is 0 Å². The van der Waals surface area contributed by atoms with Crippen LogP contribution in [0.3, 0.4) is 0 Å². The summed E-state index contributed by atoms with van der Waals surface area (Å²) in [6.07, 6.45) is 2.08. The molecule has 0 fully saturated rings. The molecule has 0 aliphatic carbocycles. The van der Waals surface area contributed by atoms with Crippen molar-refractivity contribution in [1.82, 2.24) is 10.3 Å². The molecule has 0 unspecified atom stereocenters. The number of hydrogen-bond donors (Lipinski definition) is 1. The smallest absolute Gasteiger partial charge is 0.214 e. The average Bonchev–Trinajstić information content (AvgIpc) is 2.26. The zero-order valence-corrected chi connectivity index (χ0v) is 12.3. The van der Waals surface area contributed by atoms with Gasteiger partial charge in [0.15, 0.2) is 0 Å². The van der Waals surface area contributed by atoms with Crippen molar-refractivity contribution in [3.05, 3.63) is 23.4 Å². The molecule has 0 radical (unpaired) electrons. The molecule has 0 bridgehead atoms. The fourth-order valence-corrected chi connectivity index (χ4v) is 1.68. The Balaban J connectivity index is 2.80. The molecule has 1 heterocycles. The molecule has 0 atom stereocenters. The molecule has 0 amide bonds. The van der Waals surface area contributed by atoms with Crippen molar-refractivity contribution in [2.24, 2.45) is 0 Å². The lowest BCUT2D eigenvalue weighted by molar-refractivity contribution is 0.123. The molecule has 0 saturated carbocycles. The number of hydrogen-bond acceptors (Lipinski definition) is 3. The quantitative estimate of drug-likeness (QED) is 0.786. The number of nitrogens with zero attached hydrogens (tertiary/aromatic N) is 1. The molecule has 0 aromatic carbocycles. The van der Waals surface area contributed by atoms with Gasteiger partial charge in [0.1, 0.15) is 5.60 Å². The predicted molar refractivity (Wildman–Crippen MR) is 76.0 cm³/mol. The van der Waals surface area contributed by atoms with Crippen molar-refractivity contribution >= 4 is 0 Å². The third-order valence-corrected chi connectivity index (χ3v) is 2.44. The normalized spacial score (nSPS) is 11.6. The Bertz CT molecular complexity index is 369. The maximum absolute atomic E-state index is 5.85. The highest BCUT2D eigenvalue weighted by molar-refractivity contribution is 5.25. The Hall–Kier alpha value is -1.09. The van der Waals surface area contributed by atoms with Crippen molar-refractivity contribution < 1.29 is 4.74 Å². The number of ether oxygens (including phenoxy) is 1. The van der Waals surface area contributed by atoms with Gasteiger partial charge in [0.05, 0.1) is 0 Å². The summed E-state index contributed by atoms with van der Waals surface area (Å²) in [5.74, 6) is 0.732. The topological polar surface area (TPSA) is 34.2 Å². The van der Waals surface area contributed by atoms with Crippen molar-refractivity contribution in [1.29, 1.82) is 0 Å². The molecule has 1 aromatic rings. The van der Waals surface area contributed by atoms with E-state index in [-0.39, 0.29) is 5.60 Å². The van der Waals surface area contributed by atoms with E-state index in [1.165, 1.54) is 5.56 Å². The summed E-state index contributed by atoms with van der Waals surface area (Å²) in [6, 6.07) is 4.19. The van der Waals surface area contributed by atoms with E-state index in [1.807, 2.05) is 26.8 Å². The van der Waals surface area contributed by atoms with E-state index in [2.05, 4.69) is 30.2 Å². The van der Waals surface area contributed by atoms with E-state index in [1.54, 1.807) is 0 Å². The second kappa shape index (κ2) is 6.74. The zero-order chi connectivity index (χ0) is 13.6. The average molecular weight is 250 g/mol. The Morgan fingerprint density at radius 2 is 1.94 bits per heavy atom. The van der Waals surface area contributed by atoms with E-state index in [4.69, 9.17) is 4.74 Å². The second-order valence-corrected chi connectivity index (χ2v) is 5.55. The molecule has 0 saturated heterocycles. The van der Waals surface area contributed by atoms with Crippen LogP contribution in [0.2, 0.25) is 0 Å². The number of aromatic nitrogens is 1. The lowest BCUT2D eigenvalue weighted by Crippen LogP contribution is -2.24. The van der Waals surface area contributed by atoms with Crippen LogP contribution < -0.4 is 10.1 Å². The second-order valence-electron chi connectivity index (χ2n) is 5.55. The molecular formula is C15H26N2O. The molecule has 3 nitrogen and oxygen atoms in total. The largest absolute Gasteiger partial charge is 0.472 e. The summed E-state index contributed by atoms with van der Waals surface area (Å²) in [7, 11) is 0. The molecule has 0 spiro atoms. The summed E-state index contributed by atoms with van der Waals surface area (Å²) in [6.45, 7) is 12.3. The maximum atomic E-state index is 5.85. The number of rotatable bonds is 6. The molecule has 1 rings (SSSR count). The van der Waals surface area contributed by atoms with Crippen LogP contribution in [0.25, 0.3) is 0 Å². The van der Waals surface area contributed by atoms with Crippen LogP contribution in [-0.2, 0) is 13.0 Å². The summed E-state index contributed by atoms with van der Waals surface area (Å²) in [5.41, 5.74) is 2.13. The first-order valence-electron chi connectivity index (χ1n) is 6.84. The van der Waals surface area contributed by atoms with Gasteiger partial charge in [-0.2, -0.15) is 0 Å². The number of pyridine rings is 1. The molecule has 0 aliphatic rings. The fraction of sp³-hybridized carbons (Fsp3) is 0.667. The molecule has 3 heteroatoms.